The third-order valence-corrected chi connectivity index (χ3v) is 8.64. The maximum atomic E-state index is 13.3. The van der Waals surface area contributed by atoms with Crippen molar-refractivity contribution in [3.05, 3.63) is 59.4 Å². The summed E-state index contributed by atoms with van der Waals surface area (Å²) in [5, 5.41) is 20.7. The van der Waals surface area contributed by atoms with Crippen LogP contribution in [0.4, 0.5) is 4.39 Å². The molecule has 2 aromatic carbocycles. The lowest BCUT2D eigenvalue weighted by atomic mass is 9.86. The summed E-state index contributed by atoms with van der Waals surface area (Å²) in [4.78, 5) is 2.65. The molecule has 5 nitrogen and oxygen atoms in total. The molecule has 228 valence electrons. The average molecular weight is 589 g/mol. The summed E-state index contributed by atoms with van der Waals surface area (Å²) >= 11 is 0. The number of hydrogen-bond acceptors (Lipinski definition) is 5. The molecule has 0 amide bonds. The van der Waals surface area contributed by atoms with E-state index >= 15 is 0 Å². The number of aliphatic hydroxyl groups is 1. The van der Waals surface area contributed by atoms with E-state index in [1.54, 1.807) is 26.4 Å². The molecule has 0 aromatic heterocycles. The largest absolute Gasteiger partial charge is 0.493 e. The fourth-order valence-corrected chi connectivity index (χ4v) is 6.13. The Bertz CT molecular complexity index is 1040. The Balaban J connectivity index is 0.00000588. The van der Waals surface area contributed by atoms with Crippen LogP contribution in [0.25, 0.3) is 0 Å². The van der Waals surface area contributed by atoms with Gasteiger partial charge in [0.2, 0.25) is 0 Å². The van der Waals surface area contributed by atoms with E-state index in [2.05, 4.69) is 17.9 Å². The monoisotopic (exact) mass is 588 g/mol. The van der Waals surface area contributed by atoms with Crippen molar-refractivity contribution in [1.29, 1.82) is 5.26 Å². The summed E-state index contributed by atoms with van der Waals surface area (Å²) in [6, 6.07) is 15.1. The SMILES string of the molecule is CCCCCCC(CCCCCC(C#N)c1ccc(OC)c(OC)c1)N1CCC(C(O)c2ccc(F)cc2)CC1.Cl. The van der Waals surface area contributed by atoms with Crippen molar-refractivity contribution in [3.8, 4) is 17.6 Å². The number of aliphatic hydroxyl groups excluding tert-OH is 1. The van der Waals surface area contributed by atoms with Gasteiger partial charge in [-0.2, -0.15) is 5.26 Å². The Hall–Kier alpha value is -2.33. The lowest BCUT2D eigenvalue weighted by Crippen LogP contribution is -2.42. The number of hydrogen-bond donors (Lipinski definition) is 1. The van der Waals surface area contributed by atoms with Gasteiger partial charge in [0.1, 0.15) is 5.82 Å². The van der Waals surface area contributed by atoms with Gasteiger partial charge in [-0.05, 0) is 86.5 Å². The first-order valence-electron chi connectivity index (χ1n) is 15.3. The second-order valence-corrected chi connectivity index (χ2v) is 11.3. The van der Waals surface area contributed by atoms with Gasteiger partial charge in [-0.1, -0.05) is 70.1 Å². The van der Waals surface area contributed by atoms with E-state index in [1.807, 2.05) is 18.2 Å². The van der Waals surface area contributed by atoms with Gasteiger partial charge in [-0.25, -0.2) is 4.39 Å². The molecule has 1 aliphatic rings. The van der Waals surface area contributed by atoms with Crippen LogP contribution in [0, 0.1) is 23.1 Å². The van der Waals surface area contributed by atoms with Crippen molar-refractivity contribution in [2.75, 3.05) is 27.3 Å². The highest BCUT2D eigenvalue weighted by Crippen LogP contribution is 2.34. The van der Waals surface area contributed by atoms with Gasteiger partial charge in [0.25, 0.3) is 0 Å². The summed E-state index contributed by atoms with van der Waals surface area (Å²) in [7, 11) is 3.24. The van der Waals surface area contributed by atoms with Crippen LogP contribution in [0.3, 0.4) is 0 Å². The van der Waals surface area contributed by atoms with E-state index in [4.69, 9.17) is 9.47 Å². The van der Waals surface area contributed by atoms with Crippen LogP contribution < -0.4 is 9.47 Å². The summed E-state index contributed by atoms with van der Waals surface area (Å²) in [6.07, 6.45) is 13.1. The Morgan fingerprint density at radius 1 is 0.878 bits per heavy atom. The van der Waals surface area contributed by atoms with Crippen molar-refractivity contribution in [1.82, 2.24) is 4.90 Å². The smallest absolute Gasteiger partial charge is 0.161 e. The number of nitrogens with zero attached hydrogens (tertiary/aromatic N) is 2. The lowest BCUT2D eigenvalue weighted by Gasteiger charge is -2.39. The lowest BCUT2D eigenvalue weighted by molar-refractivity contribution is 0.0407. The highest BCUT2D eigenvalue weighted by atomic mass is 35.5. The number of ether oxygens (including phenoxy) is 2. The molecule has 0 spiro atoms. The van der Waals surface area contributed by atoms with Gasteiger partial charge in [0.15, 0.2) is 11.5 Å². The second-order valence-electron chi connectivity index (χ2n) is 11.3. The number of piperidine rings is 1. The van der Waals surface area contributed by atoms with Crippen molar-refractivity contribution < 1.29 is 19.0 Å². The van der Waals surface area contributed by atoms with Gasteiger partial charge in [-0.15, -0.1) is 12.4 Å². The normalized spacial score (nSPS) is 16.3. The molecule has 1 heterocycles. The Labute approximate surface area is 253 Å². The number of rotatable bonds is 17. The van der Waals surface area contributed by atoms with Gasteiger partial charge in [0.05, 0.1) is 32.3 Å². The molecule has 0 radical (unpaired) electrons. The molecule has 3 rings (SSSR count). The first-order chi connectivity index (χ1) is 19.5. The van der Waals surface area contributed by atoms with Crippen molar-refractivity contribution in [2.24, 2.45) is 5.92 Å². The van der Waals surface area contributed by atoms with Gasteiger partial charge in [-0.3, -0.25) is 0 Å². The fraction of sp³-hybridized carbons (Fsp3) is 0.618. The zero-order valence-electron chi connectivity index (χ0n) is 25.2. The molecule has 1 saturated heterocycles. The van der Waals surface area contributed by atoms with E-state index < -0.39 is 6.10 Å². The van der Waals surface area contributed by atoms with Crippen molar-refractivity contribution in [3.63, 3.8) is 0 Å². The molecule has 3 unspecified atom stereocenters. The van der Waals surface area contributed by atoms with Crippen LogP contribution in [-0.2, 0) is 0 Å². The number of unbranched alkanes of at least 4 members (excludes halogenated alkanes) is 5. The molecule has 3 atom stereocenters. The van der Waals surface area contributed by atoms with Crippen LogP contribution in [0.5, 0.6) is 11.5 Å². The predicted octanol–water partition coefficient (Wildman–Crippen LogP) is 8.61. The van der Waals surface area contributed by atoms with Crippen molar-refractivity contribution in [2.45, 2.75) is 102 Å². The fourth-order valence-electron chi connectivity index (χ4n) is 6.13. The molecule has 7 heteroatoms. The number of methoxy groups -OCH3 is 2. The summed E-state index contributed by atoms with van der Waals surface area (Å²) < 4.78 is 24.1. The maximum Gasteiger partial charge on any atom is 0.161 e. The summed E-state index contributed by atoms with van der Waals surface area (Å²) in [5.41, 5.74) is 1.80. The summed E-state index contributed by atoms with van der Waals surface area (Å²) in [5.74, 6) is 1.17. The van der Waals surface area contributed by atoms with Crippen LogP contribution in [0.15, 0.2) is 42.5 Å². The minimum absolute atomic E-state index is 0. The minimum Gasteiger partial charge on any atom is -0.493 e. The van der Waals surface area contributed by atoms with E-state index in [9.17, 15) is 14.8 Å². The zero-order valence-corrected chi connectivity index (χ0v) is 26.0. The highest BCUT2D eigenvalue weighted by Gasteiger charge is 2.29. The molecular weight excluding hydrogens is 539 g/mol. The quantitative estimate of drug-likeness (QED) is 0.187. The van der Waals surface area contributed by atoms with Crippen LogP contribution in [-0.4, -0.2) is 43.4 Å². The Morgan fingerprint density at radius 3 is 2.05 bits per heavy atom. The Kier molecular flexibility index (Phi) is 16.1. The maximum absolute atomic E-state index is 13.3. The van der Waals surface area contributed by atoms with E-state index in [0.29, 0.717) is 17.5 Å². The summed E-state index contributed by atoms with van der Waals surface area (Å²) in [6.45, 7) is 4.28. The number of halogens is 2. The Morgan fingerprint density at radius 2 is 1.46 bits per heavy atom. The molecule has 41 heavy (non-hydrogen) atoms. The second kappa shape index (κ2) is 19.0. The third kappa shape index (κ3) is 10.8. The van der Waals surface area contributed by atoms with Gasteiger partial charge in [0, 0.05) is 6.04 Å². The first-order valence-corrected chi connectivity index (χ1v) is 15.3. The van der Waals surface area contributed by atoms with E-state index in [0.717, 1.165) is 56.3 Å². The van der Waals surface area contributed by atoms with Gasteiger partial charge < -0.3 is 19.5 Å². The predicted molar refractivity (Wildman–Crippen MR) is 166 cm³/mol. The molecular formula is C34H50ClFN2O3. The average Bonchev–Trinajstić information content (AvgIpc) is 2.99. The number of likely N-dealkylation sites (tertiary alicyclic amines) is 1. The first kappa shape index (κ1) is 34.9. The van der Waals surface area contributed by atoms with Crippen LogP contribution in [0.1, 0.15) is 107 Å². The molecule has 1 N–H and O–H groups in total. The number of nitriles is 1. The van der Waals surface area contributed by atoms with Gasteiger partial charge >= 0.3 is 0 Å². The highest BCUT2D eigenvalue weighted by molar-refractivity contribution is 5.85. The molecule has 0 saturated carbocycles. The minimum atomic E-state index is -0.524. The molecule has 1 aliphatic heterocycles. The van der Waals surface area contributed by atoms with E-state index in [1.165, 1.54) is 57.1 Å². The van der Waals surface area contributed by atoms with E-state index in [-0.39, 0.29) is 30.1 Å². The van der Waals surface area contributed by atoms with Crippen molar-refractivity contribution >= 4 is 12.4 Å². The van der Waals surface area contributed by atoms with Crippen LogP contribution in [0.2, 0.25) is 0 Å². The topological polar surface area (TPSA) is 65.7 Å². The number of benzene rings is 2. The standard InChI is InChI=1S/C34H49FN2O3.ClH/c1-4-5-6-9-12-31(37-22-20-27(21-23-37)34(38)26-14-17-30(35)18-15-26)13-10-7-8-11-29(25-36)28-16-19-32(39-2)33(24-28)40-3;/h14-19,24,27,29,31,34,38H,4-13,20-23H2,1-3H3;1H. The zero-order chi connectivity index (χ0) is 28.7. The van der Waals surface area contributed by atoms with Crippen LogP contribution >= 0.6 is 12.4 Å². The molecule has 0 aliphatic carbocycles. The molecule has 2 aromatic rings. The molecule has 0 bridgehead atoms. The third-order valence-electron chi connectivity index (χ3n) is 8.64. The molecule has 1 fully saturated rings.